The van der Waals surface area contributed by atoms with Crippen molar-refractivity contribution in [2.75, 3.05) is 0 Å². The first kappa shape index (κ1) is 16.1. The van der Waals surface area contributed by atoms with Crippen LogP contribution < -0.4 is 5.76 Å². The van der Waals surface area contributed by atoms with Gasteiger partial charge in [0.25, 0.3) is 6.43 Å². The van der Waals surface area contributed by atoms with Gasteiger partial charge in [0.15, 0.2) is 5.58 Å². The molecule has 2 aromatic heterocycles. The summed E-state index contributed by atoms with van der Waals surface area (Å²) in [5, 5.41) is 0. The molecule has 3 aromatic rings. The van der Waals surface area contributed by atoms with Gasteiger partial charge >= 0.3 is 11.9 Å². The topological polar surface area (TPSA) is 71.8 Å². The van der Waals surface area contributed by atoms with Crippen LogP contribution in [0.3, 0.4) is 0 Å². The zero-order chi connectivity index (χ0) is 17.6. The number of H-pyrrole nitrogens is 1. The van der Waals surface area contributed by atoms with E-state index >= 15 is 0 Å². The monoisotopic (exact) mass is 345 g/mol. The van der Waals surface area contributed by atoms with Crippen molar-refractivity contribution in [2.45, 2.75) is 19.5 Å². The van der Waals surface area contributed by atoms with E-state index in [-0.39, 0.29) is 17.0 Å². The van der Waals surface area contributed by atoms with Crippen LogP contribution in [-0.4, -0.2) is 15.0 Å². The smallest absolute Gasteiger partial charge is 0.407 e. The number of aromatic nitrogens is 3. The highest BCUT2D eigenvalue weighted by Gasteiger charge is 2.35. The van der Waals surface area contributed by atoms with Crippen molar-refractivity contribution in [1.29, 1.82) is 0 Å². The van der Waals surface area contributed by atoms with Crippen LogP contribution in [0.1, 0.15) is 23.4 Å². The molecule has 0 amide bonds. The Morgan fingerprint density at radius 1 is 1.25 bits per heavy atom. The fourth-order valence-electron chi connectivity index (χ4n) is 2.27. The lowest BCUT2D eigenvalue weighted by Crippen LogP contribution is -2.07. The van der Waals surface area contributed by atoms with Crippen LogP contribution in [0.25, 0.3) is 22.4 Å². The number of alkyl halides is 5. The molecule has 0 saturated carbocycles. The number of oxazole rings is 1. The van der Waals surface area contributed by atoms with Crippen molar-refractivity contribution in [3.8, 4) is 11.3 Å². The molecule has 24 heavy (non-hydrogen) atoms. The van der Waals surface area contributed by atoms with E-state index in [9.17, 15) is 26.7 Å². The van der Waals surface area contributed by atoms with Crippen molar-refractivity contribution in [3.63, 3.8) is 0 Å². The second-order valence-corrected chi connectivity index (χ2v) is 4.90. The first-order chi connectivity index (χ1) is 11.2. The van der Waals surface area contributed by atoms with E-state index in [1.807, 2.05) is 4.98 Å². The number of aryl methyl sites for hydroxylation is 1. The SMILES string of the molecule is Cc1ncc(-c2ccc(C(F)(F)F)c3[nH]c(=O)oc23)nc1C(F)F. The van der Waals surface area contributed by atoms with Gasteiger partial charge in [0.1, 0.15) is 11.2 Å². The molecule has 126 valence electrons. The molecule has 2 heterocycles. The van der Waals surface area contributed by atoms with E-state index in [1.165, 1.54) is 6.92 Å². The molecule has 0 saturated heterocycles. The van der Waals surface area contributed by atoms with E-state index in [2.05, 4.69) is 9.97 Å². The Labute approximate surface area is 130 Å². The molecule has 0 bridgehead atoms. The van der Waals surface area contributed by atoms with Crippen LogP contribution in [0.4, 0.5) is 22.0 Å². The van der Waals surface area contributed by atoms with Gasteiger partial charge in [-0.2, -0.15) is 13.2 Å². The first-order valence-corrected chi connectivity index (χ1v) is 6.53. The van der Waals surface area contributed by atoms with Gasteiger partial charge in [-0.1, -0.05) is 0 Å². The molecule has 10 heteroatoms. The zero-order valence-corrected chi connectivity index (χ0v) is 11.9. The number of aromatic amines is 1. The van der Waals surface area contributed by atoms with Crippen LogP contribution in [-0.2, 0) is 6.18 Å². The van der Waals surface area contributed by atoms with Crippen LogP contribution >= 0.6 is 0 Å². The maximum Gasteiger partial charge on any atom is 0.418 e. The van der Waals surface area contributed by atoms with Gasteiger partial charge in [0.05, 0.1) is 23.1 Å². The highest BCUT2D eigenvalue weighted by Crippen LogP contribution is 2.37. The number of hydrogen-bond acceptors (Lipinski definition) is 4. The molecular weight excluding hydrogens is 337 g/mol. The molecule has 0 aliphatic heterocycles. The summed E-state index contributed by atoms with van der Waals surface area (Å²) in [7, 11) is 0. The number of benzene rings is 1. The molecule has 0 aliphatic rings. The number of halogens is 5. The predicted octanol–water partition coefficient (Wildman–Crippen LogP) is 3.84. The summed E-state index contributed by atoms with van der Waals surface area (Å²) in [5.41, 5.74) is -2.89. The predicted molar refractivity (Wildman–Crippen MR) is 72.6 cm³/mol. The molecular formula is C14H8F5N3O2. The molecule has 5 nitrogen and oxygen atoms in total. The van der Waals surface area contributed by atoms with Gasteiger partial charge in [-0.3, -0.25) is 9.97 Å². The summed E-state index contributed by atoms with van der Waals surface area (Å²) in [4.78, 5) is 20.8. The van der Waals surface area contributed by atoms with Crippen LogP contribution in [0.5, 0.6) is 0 Å². The van der Waals surface area contributed by atoms with Gasteiger partial charge < -0.3 is 4.42 Å². The standard InChI is InChI=1S/C14H8F5N3O2/c1-5-9(12(15)16)21-8(4-20-5)6-2-3-7(14(17,18)19)10-11(6)24-13(23)22-10/h2-4,12H,1H3,(H,22,23). The van der Waals surface area contributed by atoms with E-state index in [4.69, 9.17) is 4.42 Å². The maximum atomic E-state index is 13.0. The fraction of sp³-hybridized carbons (Fsp3) is 0.214. The van der Waals surface area contributed by atoms with E-state index in [0.29, 0.717) is 6.07 Å². The summed E-state index contributed by atoms with van der Waals surface area (Å²) in [5.74, 6) is -1.10. The second kappa shape index (κ2) is 5.39. The summed E-state index contributed by atoms with van der Waals surface area (Å²) in [6.45, 7) is 1.33. The third-order valence-corrected chi connectivity index (χ3v) is 3.36. The maximum absolute atomic E-state index is 13.0. The van der Waals surface area contributed by atoms with E-state index < -0.39 is 40.7 Å². The van der Waals surface area contributed by atoms with Gasteiger partial charge in [-0.15, -0.1) is 0 Å². The minimum absolute atomic E-state index is 0.00701. The van der Waals surface area contributed by atoms with Crippen molar-refractivity contribution in [3.05, 3.63) is 45.8 Å². The number of nitrogens with zero attached hydrogens (tertiary/aromatic N) is 2. The second-order valence-electron chi connectivity index (χ2n) is 4.90. The average molecular weight is 345 g/mol. The van der Waals surface area contributed by atoms with Gasteiger partial charge in [0.2, 0.25) is 0 Å². The van der Waals surface area contributed by atoms with Gasteiger partial charge in [-0.05, 0) is 19.1 Å². The summed E-state index contributed by atoms with van der Waals surface area (Å²) < 4.78 is 69.6. The number of fused-ring (bicyclic) bond motifs is 1. The van der Waals surface area contributed by atoms with Crippen molar-refractivity contribution < 1.29 is 26.4 Å². The number of nitrogens with one attached hydrogen (secondary N) is 1. The largest absolute Gasteiger partial charge is 0.418 e. The van der Waals surface area contributed by atoms with Crippen LogP contribution in [0.15, 0.2) is 27.5 Å². The zero-order valence-electron chi connectivity index (χ0n) is 11.9. The van der Waals surface area contributed by atoms with Crippen molar-refractivity contribution >= 4 is 11.1 Å². The molecule has 0 spiro atoms. The first-order valence-electron chi connectivity index (χ1n) is 6.53. The Bertz CT molecular complexity index is 975. The van der Waals surface area contributed by atoms with Gasteiger partial charge in [0, 0.05) is 5.56 Å². The minimum atomic E-state index is -4.73. The third kappa shape index (κ3) is 2.63. The summed E-state index contributed by atoms with van der Waals surface area (Å²) in [6.07, 6.45) is -6.51. The lowest BCUT2D eigenvalue weighted by Gasteiger charge is -2.10. The van der Waals surface area contributed by atoms with Crippen molar-refractivity contribution in [1.82, 2.24) is 15.0 Å². The Kier molecular flexibility index (Phi) is 3.61. The molecule has 0 aliphatic carbocycles. The molecule has 1 aromatic carbocycles. The molecule has 0 radical (unpaired) electrons. The molecule has 0 atom stereocenters. The lowest BCUT2D eigenvalue weighted by molar-refractivity contribution is -0.136. The van der Waals surface area contributed by atoms with E-state index in [0.717, 1.165) is 12.3 Å². The highest BCUT2D eigenvalue weighted by molar-refractivity contribution is 5.91. The quantitative estimate of drug-likeness (QED) is 0.716. The normalized spacial score (nSPS) is 12.3. The van der Waals surface area contributed by atoms with Crippen LogP contribution in [0, 0.1) is 6.92 Å². The number of rotatable bonds is 2. The van der Waals surface area contributed by atoms with Gasteiger partial charge in [-0.25, -0.2) is 18.6 Å². The van der Waals surface area contributed by atoms with Crippen LogP contribution in [0.2, 0.25) is 0 Å². The number of hydrogen-bond donors (Lipinski definition) is 1. The minimum Gasteiger partial charge on any atom is -0.407 e. The Hall–Kier alpha value is -2.78. The van der Waals surface area contributed by atoms with E-state index in [1.54, 1.807) is 0 Å². The Morgan fingerprint density at radius 2 is 1.96 bits per heavy atom. The lowest BCUT2D eigenvalue weighted by atomic mass is 10.1. The summed E-state index contributed by atoms with van der Waals surface area (Å²) >= 11 is 0. The molecule has 0 fully saturated rings. The van der Waals surface area contributed by atoms with Crippen molar-refractivity contribution in [2.24, 2.45) is 0 Å². The molecule has 1 N–H and O–H groups in total. The Balaban J connectivity index is 2.29. The highest BCUT2D eigenvalue weighted by atomic mass is 19.4. The Morgan fingerprint density at radius 3 is 2.58 bits per heavy atom. The summed E-state index contributed by atoms with van der Waals surface area (Å²) in [6, 6.07) is 1.71. The average Bonchev–Trinajstić information content (AvgIpc) is 2.86. The fourth-order valence-corrected chi connectivity index (χ4v) is 2.27. The molecule has 3 rings (SSSR count). The third-order valence-electron chi connectivity index (χ3n) is 3.36. The molecule has 0 unspecified atom stereocenters.